The molecular formula is C13H19NO7. The molecule has 0 radical (unpaired) electrons. The molecular weight excluding hydrogens is 282 g/mol. The van der Waals surface area contributed by atoms with Gasteiger partial charge in [-0.2, -0.15) is 0 Å². The lowest BCUT2D eigenvalue weighted by atomic mass is 9.80. The van der Waals surface area contributed by atoms with Gasteiger partial charge in [0.25, 0.3) is 0 Å². The maximum absolute atomic E-state index is 10.8. The first-order valence-corrected chi connectivity index (χ1v) is 6.27. The first-order chi connectivity index (χ1) is 9.62. The predicted molar refractivity (Wildman–Crippen MR) is 73.4 cm³/mol. The van der Waals surface area contributed by atoms with Crippen LogP contribution < -0.4 is 0 Å². The molecule has 0 spiro atoms. The van der Waals surface area contributed by atoms with E-state index in [9.17, 15) is 19.7 Å². The molecule has 0 aromatic rings. The first kappa shape index (κ1) is 18.8. The van der Waals surface area contributed by atoms with Gasteiger partial charge >= 0.3 is 11.9 Å². The van der Waals surface area contributed by atoms with E-state index in [1.54, 1.807) is 6.92 Å². The average Bonchev–Trinajstić information content (AvgIpc) is 2.38. The Kier molecular flexibility index (Phi) is 7.29. The number of aliphatic hydroxyl groups is 1. The van der Waals surface area contributed by atoms with Crippen molar-refractivity contribution in [1.29, 1.82) is 0 Å². The highest BCUT2D eigenvalue weighted by Crippen LogP contribution is 2.31. The monoisotopic (exact) mass is 301 g/mol. The number of nitro groups is 1. The van der Waals surface area contributed by atoms with Crippen molar-refractivity contribution in [2.75, 3.05) is 6.54 Å². The van der Waals surface area contributed by atoms with Crippen molar-refractivity contribution >= 4 is 11.9 Å². The van der Waals surface area contributed by atoms with Crippen LogP contribution >= 0.6 is 0 Å². The van der Waals surface area contributed by atoms with Gasteiger partial charge in [-0.3, -0.25) is 14.9 Å². The smallest absolute Gasteiger partial charge is 0.331 e. The van der Waals surface area contributed by atoms with Crippen molar-refractivity contribution in [3.05, 3.63) is 33.9 Å². The van der Waals surface area contributed by atoms with Crippen LogP contribution in [0.3, 0.4) is 0 Å². The summed E-state index contributed by atoms with van der Waals surface area (Å²) in [6, 6.07) is 0. The molecule has 1 rings (SSSR count). The van der Waals surface area contributed by atoms with Crippen molar-refractivity contribution in [2.24, 2.45) is 5.41 Å². The number of carboxylic acid groups (broad SMARTS) is 2. The lowest BCUT2D eigenvalue weighted by Gasteiger charge is -2.23. The number of aliphatic hydroxyl groups excluding tert-OH is 1. The third-order valence-electron chi connectivity index (χ3n) is 2.91. The Balaban J connectivity index is 0.000000433. The normalized spacial score (nSPS) is 21.6. The van der Waals surface area contributed by atoms with Crippen LogP contribution in [0, 0.1) is 15.5 Å². The molecule has 0 bridgehead atoms. The van der Waals surface area contributed by atoms with Gasteiger partial charge in [-0.15, -0.1) is 0 Å². The standard InChI is InChI=1S/C9H10O4.C4H9NO3/c1-9(8(12)13)4-2-3-6(5-9)7(10)11;1-2-4(6)3-5(7)8/h2-4H,5H2,1H3,(H,10,11)(H,12,13);4,6H,2-3H2,1H3/t9-;/m0./s1. The molecule has 21 heavy (non-hydrogen) atoms. The first-order valence-electron chi connectivity index (χ1n) is 6.27. The molecule has 118 valence electrons. The van der Waals surface area contributed by atoms with E-state index in [4.69, 9.17) is 15.3 Å². The molecule has 0 saturated carbocycles. The molecule has 0 heterocycles. The van der Waals surface area contributed by atoms with Crippen molar-refractivity contribution < 1.29 is 29.8 Å². The Morgan fingerprint density at radius 3 is 2.38 bits per heavy atom. The SMILES string of the molecule is CCC(O)C[N+](=O)[O-].C[C@]1(C(=O)O)C=CC=C(C(=O)O)C1. The highest BCUT2D eigenvalue weighted by molar-refractivity contribution is 5.90. The molecule has 0 aliphatic heterocycles. The lowest BCUT2D eigenvalue weighted by molar-refractivity contribution is -0.490. The minimum atomic E-state index is -1.08. The summed E-state index contributed by atoms with van der Waals surface area (Å²) in [5.74, 6) is -2.06. The maximum Gasteiger partial charge on any atom is 0.331 e. The number of carbonyl (C=O) groups is 2. The second-order valence-electron chi connectivity index (χ2n) is 4.83. The molecule has 0 fully saturated rings. The van der Waals surface area contributed by atoms with Crippen LogP contribution in [0.5, 0.6) is 0 Å². The van der Waals surface area contributed by atoms with E-state index in [1.165, 1.54) is 25.2 Å². The molecule has 2 atom stereocenters. The van der Waals surface area contributed by atoms with Crippen molar-refractivity contribution in [3.63, 3.8) is 0 Å². The fourth-order valence-electron chi connectivity index (χ4n) is 1.49. The van der Waals surface area contributed by atoms with Crippen molar-refractivity contribution in [2.45, 2.75) is 32.8 Å². The summed E-state index contributed by atoms with van der Waals surface area (Å²) < 4.78 is 0. The summed E-state index contributed by atoms with van der Waals surface area (Å²) in [6.07, 6.45) is 4.11. The van der Waals surface area contributed by atoms with Crippen LogP contribution in [0.4, 0.5) is 0 Å². The Hall–Kier alpha value is -2.22. The van der Waals surface area contributed by atoms with Gasteiger partial charge in [-0.25, -0.2) is 4.79 Å². The Morgan fingerprint density at radius 1 is 1.48 bits per heavy atom. The largest absolute Gasteiger partial charge is 0.481 e. The van der Waals surface area contributed by atoms with Crippen LogP contribution in [0.15, 0.2) is 23.8 Å². The summed E-state index contributed by atoms with van der Waals surface area (Å²) >= 11 is 0. The fourth-order valence-corrected chi connectivity index (χ4v) is 1.49. The van der Waals surface area contributed by atoms with E-state index in [0.29, 0.717) is 6.42 Å². The maximum atomic E-state index is 10.8. The van der Waals surface area contributed by atoms with Gasteiger partial charge in [-0.1, -0.05) is 25.2 Å². The topological polar surface area (TPSA) is 138 Å². The van der Waals surface area contributed by atoms with Crippen LogP contribution in [0.1, 0.15) is 26.7 Å². The average molecular weight is 301 g/mol. The van der Waals surface area contributed by atoms with E-state index in [2.05, 4.69) is 0 Å². The molecule has 0 aromatic heterocycles. The minimum Gasteiger partial charge on any atom is -0.481 e. The Morgan fingerprint density at radius 2 is 2.05 bits per heavy atom. The van der Waals surface area contributed by atoms with Gasteiger partial charge in [-0.05, 0) is 19.8 Å². The van der Waals surface area contributed by atoms with E-state index in [1.807, 2.05) is 0 Å². The molecule has 0 amide bonds. The number of carboxylic acids is 2. The molecule has 1 aliphatic carbocycles. The zero-order chi connectivity index (χ0) is 16.6. The van der Waals surface area contributed by atoms with Gasteiger partial charge in [0.1, 0.15) is 6.10 Å². The van der Waals surface area contributed by atoms with E-state index in [0.717, 1.165) is 0 Å². The van der Waals surface area contributed by atoms with Gasteiger partial charge in [0, 0.05) is 10.5 Å². The molecule has 0 saturated heterocycles. The van der Waals surface area contributed by atoms with Gasteiger partial charge in [0.05, 0.1) is 5.41 Å². The highest BCUT2D eigenvalue weighted by atomic mass is 16.6. The van der Waals surface area contributed by atoms with E-state index in [-0.39, 0.29) is 18.5 Å². The number of hydrogen-bond donors (Lipinski definition) is 3. The van der Waals surface area contributed by atoms with E-state index >= 15 is 0 Å². The third-order valence-corrected chi connectivity index (χ3v) is 2.91. The Labute approximate surface area is 121 Å². The van der Waals surface area contributed by atoms with Crippen LogP contribution in [0.25, 0.3) is 0 Å². The van der Waals surface area contributed by atoms with Gasteiger partial charge in [0.2, 0.25) is 6.54 Å². The lowest BCUT2D eigenvalue weighted by Crippen LogP contribution is -2.28. The summed E-state index contributed by atoms with van der Waals surface area (Å²) in [4.78, 5) is 30.4. The van der Waals surface area contributed by atoms with Crippen molar-refractivity contribution in [1.82, 2.24) is 0 Å². The number of aliphatic carboxylic acids is 2. The highest BCUT2D eigenvalue weighted by Gasteiger charge is 2.34. The molecule has 8 nitrogen and oxygen atoms in total. The third kappa shape index (κ3) is 6.66. The summed E-state index contributed by atoms with van der Waals surface area (Å²) in [5.41, 5.74) is -0.949. The predicted octanol–water partition coefficient (Wildman–Crippen LogP) is 1.08. The van der Waals surface area contributed by atoms with Gasteiger partial charge in [0.15, 0.2) is 0 Å². The number of nitrogens with zero attached hydrogens (tertiary/aromatic N) is 1. The number of hydrogen-bond acceptors (Lipinski definition) is 5. The number of allylic oxidation sites excluding steroid dienone is 2. The van der Waals surface area contributed by atoms with Gasteiger partial charge < -0.3 is 15.3 Å². The Bertz CT molecular complexity index is 469. The molecule has 1 aliphatic rings. The van der Waals surface area contributed by atoms with E-state index < -0.39 is 28.4 Å². The quantitative estimate of drug-likeness (QED) is 0.510. The fraction of sp³-hybridized carbons (Fsp3) is 0.538. The van der Waals surface area contributed by atoms with Crippen LogP contribution in [0.2, 0.25) is 0 Å². The zero-order valence-electron chi connectivity index (χ0n) is 11.9. The van der Waals surface area contributed by atoms with Crippen LogP contribution in [-0.2, 0) is 9.59 Å². The molecule has 8 heteroatoms. The molecule has 0 aromatic carbocycles. The van der Waals surface area contributed by atoms with Crippen LogP contribution in [-0.4, -0.2) is 44.8 Å². The summed E-state index contributed by atoms with van der Waals surface area (Å²) in [5, 5.41) is 35.7. The second-order valence-corrected chi connectivity index (χ2v) is 4.83. The number of rotatable bonds is 5. The zero-order valence-corrected chi connectivity index (χ0v) is 11.9. The van der Waals surface area contributed by atoms with Crippen molar-refractivity contribution in [3.8, 4) is 0 Å². The molecule has 1 unspecified atom stereocenters. The minimum absolute atomic E-state index is 0.0359. The summed E-state index contributed by atoms with van der Waals surface area (Å²) in [6.45, 7) is 2.87. The molecule has 3 N–H and O–H groups in total. The second kappa shape index (κ2) is 8.15. The summed E-state index contributed by atoms with van der Waals surface area (Å²) in [7, 11) is 0.